The molecule has 0 bridgehead atoms. The van der Waals surface area contributed by atoms with Crippen molar-refractivity contribution in [1.29, 1.82) is 0 Å². The fourth-order valence-electron chi connectivity index (χ4n) is 2.72. The minimum absolute atomic E-state index is 0.296. The third-order valence-electron chi connectivity index (χ3n) is 4.64. The second-order valence-corrected chi connectivity index (χ2v) is 6.59. The van der Waals surface area contributed by atoms with Crippen molar-refractivity contribution >= 4 is 5.97 Å². The Morgan fingerprint density at radius 3 is 2.43 bits per heavy atom. The maximum absolute atomic E-state index is 12.5. The monoisotopic (exact) mass is 381 g/mol. The van der Waals surface area contributed by atoms with Crippen LogP contribution >= 0.6 is 0 Å². The highest BCUT2D eigenvalue weighted by atomic mass is 16.5. The molecule has 0 atom stereocenters. The molecule has 3 rings (SSSR count). The molecule has 6 nitrogen and oxygen atoms in total. The molecule has 2 aromatic carbocycles. The van der Waals surface area contributed by atoms with Crippen LogP contribution in [0.15, 0.2) is 40.9 Å². The normalized spacial score (nSPS) is 10.6. The summed E-state index contributed by atoms with van der Waals surface area (Å²) in [5, 5.41) is 3.91. The van der Waals surface area contributed by atoms with Crippen LogP contribution in [0.4, 0.5) is 0 Å². The molecular weight excluding hydrogens is 358 g/mol. The van der Waals surface area contributed by atoms with Crippen LogP contribution in [0.3, 0.4) is 0 Å². The molecule has 0 saturated carbocycles. The van der Waals surface area contributed by atoms with Gasteiger partial charge in [0, 0.05) is 0 Å². The summed E-state index contributed by atoms with van der Waals surface area (Å²) in [6.07, 6.45) is 0. The van der Waals surface area contributed by atoms with Gasteiger partial charge in [0.2, 0.25) is 0 Å². The van der Waals surface area contributed by atoms with Crippen LogP contribution in [-0.2, 0) is 6.61 Å². The lowest BCUT2D eigenvalue weighted by Gasteiger charge is -2.12. The smallest absolute Gasteiger partial charge is 0.343 e. The fraction of sp³-hybridized carbons (Fsp3) is 0.273. The minimum atomic E-state index is -0.459. The van der Waals surface area contributed by atoms with Crippen LogP contribution in [0.2, 0.25) is 0 Å². The molecule has 28 heavy (non-hydrogen) atoms. The van der Waals surface area contributed by atoms with Crippen LogP contribution in [0.1, 0.15) is 38.5 Å². The van der Waals surface area contributed by atoms with E-state index in [1.807, 2.05) is 39.8 Å². The van der Waals surface area contributed by atoms with Gasteiger partial charge in [0.05, 0.1) is 23.9 Å². The number of methoxy groups -OCH3 is 1. The van der Waals surface area contributed by atoms with Gasteiger partial charge >= 0.3 is 5.97 Å². The summed E-state index contributed by atoms with van der Waals surface area (Å²) in [5.74, 6) is 1.72. The first-order chi connectivity index (χ1) is 13.4. The van der Waals surface area contributed by atoms with Gasteiger partial charge in [-0.15, -0.1) is 0 Å². The summed E-state index contributed by atoms with van der Waals surface area (Å²) >= 11 is 0. The summed E-state index contributed by atoms with van der Waals surface area (Å²) in [4.78, 5) is 12.5. The SMILES string of the molecule is COc1cc(C(=O)Oc2ccc(C)c(C)c2)ccc1OCc1c(C)noc1C. The fourth-order valence-corrected chi connectivity index (χ4v) is 2.72. The van der Waals surface area contributed by atoms with Crippen LogP contribution in [0.25, 0.3) is 0 Å². The van der Waals surface area contributed by atoms with Gasteiger partial charge in [-0.1, -0.05) is 11.2 Å². The second kappa shape index (κ2) is 8.17. The Morgan fingerprint density at radius 2 is 1.79 bits per heavy atom. The molecule has 0 N–H and O–H groups in total. The molecule has 0 aliphatic rings. The number of aromatic nitrogens is 1. The average molecular weight is 381 g/mol. The summed E-state index contributed by atoms with van der Waals surface area (Å²) in [7, 11) is 1.52. The predicted octanol–water partition coefficient (Wildman–Crippen LogP) is 4.72. The average Bonchev–Trinajstić information content (AvgIpc) is 3.00. The molecule has 0 saturated heterocycles. The highest BCUT2D eigenvalue weighted by molar-refractivity contribution is 5.91. The lowest BCUT2D eigenvalue weighted by molar-refractivity contribution is 0.0734. The van der Waals surface area contributed by atoms with E-state index < -0.39 is 5.97 Å². The molecule has 0 aliphatic carbocycles. The largest absolute Gasteiger partial charge is 0.493 e. The highest BCUT2D eigenvalue weighted by Gasteiger charge is 2.15. The number of carbonyl (C=O) groups is 1. The Morgan fingerprint density at radius 1 is 1.00 bits per heavy atom. The predicted molar refractivity (Wildman–Crippen MR) is 104 cm³/mol. The van der Waals surface area contributed by atoms with Gasteiger partial charge < -0.3 is 18.7 Å². The Labute approximate surface area is 164 Å². The number of rotatable bonds is 6. The number of esters is 1. The number of ether oxygens (including phenoxy) is 3. The van der Waals surface area contributed by atoms with Crippen molar-refractivity contribution in [3.63, 3.8) is 0 Å². The van der Waals surface area contributed by atoms with Gasteiger partial charge in [-0.2, -0.15) is 0 Å². The molecule has 0 fully saturated rings. The van der Waals surface area contributed by atoms with E-state index in [1.165, 1.54) is 7.11 Å². The number of benzene rings is 2. The van der Waals surface area contributed by atoms with Crippen molar-refractivity contribution in [1.82, 2.24) is 5.16 Å². The third-order valence-corrected chi connectivity index (χ3v) is 4.64. The van der Waals surface area contributed by atoms with Gasteiger partial charge in [0.25, 0.3) is 0 Å². The quantitative estimate of drug-likeness (QED) is 0.455. The first kappa shape index (κ1) is 19.5. The van der Waals surface area contributed by atoms with E-state index in [-0.39, 0.29) is 0 Å². The summed E-state index contributed by atoms with van der Waals surface area (Å²) in [5.41, 5.74) is 4.25. The molecule has 1 heterocycles. The van der Waals surface area contributed by atoms with Gasteiger partial charge in [0.1, 0.15) is 18.1 Å². The maximum atomic E-state index is 12.5. The lowest BCUT2D eigenvalue weighted by Crippen LogP contribution is -2.09. The standard InChI is InChI=1S/C22H23NO5/c1-13-6-8-18(10-14(13)2)27-22(24)17-7-9-20(21(11-17)25-5)26-12-19-15(3)23-28-16(19)4/h6-11H,12H2,1-5H3. The number of carbonyl (C=O) groups excluding carboxylic acids is 1. The van der Waals surface area contributed by atoms with Crippen LogP contribution in [-0.4, -0.2) is 18.2 Å². The molecule has 0 radical (unpaired) electrons. The zero-order valence-corrected chi connectivity index (χ0v) is 16.7. The molecule has 3 aromatic rings. The highest BCUT2D eigenvalue weighted by Crippen LogP contribution is 2.30. The number of nitrogens with zero attached hydrogens (tertiary/aromatic N) is 1. The Kier molecular flexibility index (Phi) is 5.68. The van der Waals surface area contributed by atoms with E-state index in [9.17, 15) is 4.79 Å². The number of hydrogen-bond donors (Lipinski definition) is 0. The zero-order valence-electron chi connectivity index (χ0n) is 16.7. The molecule has 1 aromatic heterocycles. The topological polar surface area (TPSA) is 70.8 Å². The molecule has 146 valence electrons. The Balaban J connectivity index is 1.74. The van der Waals surface area contributed by atoms with E-state index in [4.69, 9.17) is 18.7 Å². The van der Waals surface area contributed by atoms with E-state index in [0.717, 1.165) is 22.4 Å². The van der Waals surface area contributed by atoms with Crippen LogP contribution < -0.4 is 14.2 Å². The Hall–Kier alpha value is -3.28. The molecular formula is C22H23NO5. The van der Waals surface area contributed by atoms with E-state index in [1.54, 1.807) is 24.3 Å². The van der Waals surface area contributed by atoms with E-state index >= 15 is 0 Å². The minimum Gasteiger partial charge on any atom is -0.493 e. The van der Waals surface area contributed by atoms with Crippen molar-refractivity contribution in [3.8, 4) is 17.2 Å². The van der Waals surface area contributed by atoms with Crippen molar-refractivity contribution in [2.24, 2.45) is 0 Å². The maximum Gasteiger partial charge on any atom is 0.343 e. The summed E-state index contributed by atoms with van der Waals surface area (Å²) in [6.45, 7) is 7.97. The Bertz CT molecular complexity index is 987. The van der Waals surface area contributed by atoms with Crippen molar-refractivity contribution in [2.45, 2.75) is 34.3 Å². The van der Waals surface area contributed by atoms with Gasteiger partial charge in [0.15, 0.2) is 11.5 Å². The molecule has 6 heteroatoms. The second-order valence-electron chi connectivity index (χ2n) is 6.59. The van der Waals surface area contributed by atoms with Gasteiger partial charge in [-0.05, 0) is 69.2 Å². The zero-order chi connectivity index (χ0) is 20.3. The van der Waals surface area contributed by atoms with Gasteiger partial charge in [-0.3, -0.25) is 0 Å². The summed E-state index contributed by atoms with van der Waals surface area (Å²) < 4.78 is 21.8. The molecule has 0 unspecified atom stereocenters. The van der Waals surface area contributed by atoms with Crippen LogP contribution in [0.5, 0.6) is 17.2 Å². The number of aryl methyl sites for hydroxylation is 4. The molecule has 0 amide bonds. The first-order valence-corrected chi connectivity index (χ1v) is 8.91. The summed E-state index contributed by atoms with van der Waals surface area (Å²) in [6, 6.07) is 10.5. The molecule has 0 spiro atoms. The van der Waals surface area contributed by atoms with Crippen LogP contribution in [0, 0.1) is 27.7 Å². The van der Waals surface area contributed by atoms with E-state index in [2.05, 4.69) is 5.16 Å². The van der Waals surface area contributed by atoms with Crippen molar-refractivity contribution in [3.05, 3.63) is 70.1 Å². The van der Waals surface area contributed by atoms with Crippen molar-refractivity contribution in [2.75, 3.05) is 7.11 Å². The van der Waals surface area contributed by atoms with Gasteiger partial charge in [-0.25, -0.2) is 4.79 Å². The first-order valence-electron chi connectivity index (χ1n) is 8.91. The third kappa shape index (κ3) is 4.17. The van der Waals surface area contributed by atoms with E-state index in [0.29, 0.717) is 35.2 Å². The van der Waals surface area contributed by atoms with Crippen molar-refractivity contribution < 1.29 is 23.5 Å². The lowest BCUT2D eigenvalue weighted by atomic mass is 10.1. The number of hydrogen-bond acceptors (Lipinski definition) is 6. The molecule has 0 aliphatic heterocycles.